The van der Waals surface area contributed by atoms with Gasteiger partial charge in [-0.25, -0.2) is 4.39 Å². The summed E-state index contributed by atoms with van der Waals surface area (Å²) in [6.07, 6.45) is 4.43. The lowest BCUT2D eigenvalue weighted by Crippen LogP contribution is -2.34. The molecule has 1 nitrogen and oxygen atoms in total. The molecule has 0 amide bonds. The maximum Gasteiger partial charge on any atom is 0.123 e. The van der Waals surface area contributed by atoms with Crippen molar-refractivity contribution in [1.82, 2.24) is 0 Å². The van der Waals surface area contributed by atoms with Gasteiger partial charge in [-0.1, -0.05) is 19.9 Å². The van der Waals surface area contributed by atoms with E-state index < -0.39 is 0 Å². The van der Waals surface area contributed by atoms with Crippen LogP contribution in [0.25, 0.3) is 0 Å². The van der Waals surface area contributed by atoms with Gasteiger partial charge in [0, 0.05) is 0 Å². The summed E-state index contributed by atoms with van der Waals surface area (Å²) in [6, 6.07) is 5.27. The van der Waals surface area contributed by atoms with Crippen LogP contribution < -0.4 is 5.73 Å². The van der Waals surface area contributed by atoms with Gasteiger partial charge in [0.25, 0.3) is 0 Å². The van der Waals surface area contributed by atoms with Gasteiger partial charge in [0.1, 0.15) is 5.82 Å². The lowest BCUT2D eigenvalue weighted by Gasteiger charge is -2.40. The standard InChI is InChI=1S/C15H22FN/c1-15(2)12(4-3-9-17)6-5-11-10-13(16)7-8-14(11)15/h7-8,10,12H,3-6,9,17H2,1-2H3. The van der Waals surface area contributed by atoms with Gasteiger partial charge < -0.3 is 5.73 Å². The Labute approximate surface area is 103 Å². The van der Waals surface area contributed by atoms with Crippen LogP contribution in [0.5, 0.6) is 0 Å². The number of halogens is 1. The van der Waals surface area contributed by atoms with Crippen molar-refractivity contribution in [2.45, 2.75) is 44.9 Å². The van der Waals surface area contributed by atoms with E-state index in [4.69, 9.17) is 5.73 Å². The quantitative estimate of drug-likeness (QED) is 0.853. The van der Waals surface area contributed by atoms with Crippen molar-refractivity contribution >= 4 is 0 Å². The maximum atomic E-state index is 13.2. The van der Waals surface area contributed by atoms with Gasteiger partial charge in [0.2, 0.25) is 0 Å². The second kappa shape index (κ2) is 4.77. The van der Waals surface area contributed by atoms with Gasteiger partial charge >= 0.3 is 0 Å². The summed E-state index contributed by atoms with van der Waals surface area (Å²) in [7, 11) is 0. The second-order valence-corrected chi connectivity index (χ2v) is 5.69. The average molecular weight is 235 g/mol. The van der Waals surface area contributed by atoms with E-state index in [1.165, 1.54) is 17.5 Å². The van der Waals surface area contributed by atoms with Crippen molar-refractivity contribution in [1.29, 1.82) is 0 Å². The zero-order valence-corrected chi connectivity index (χ0v) is 10.8. The minimum Gasteiger partial charge on any atom is -0.330 e. The molecule has 1 aromatic rings. The molecule has 0 saturated carbocycles. The van der Waals surface area contributed by atoms with Crippen LogP contribution >= 0.6 is 0 Å². The largest absolute Gasteiger partial charge is 0.330 e. The molecule has 0 fully saturated rings. The molecule has 0 aliphatic heterocycles. The molecule has 17 heavy (non-hydrogen) atoms. The smallest absolute Gasteiger partial charge is 0.123 e. The first-order valence-corrected chi connectivity index (χ1v) is 6.54. The molecule has 1 aromatic carbocycles. The minimum atomic E-state index is -0.111. The predicted octanol–water partition coefficient (Wildman–Crippen LogP) is 3.40. The molecule has 0 heterocycles. The highest BCUT2D eigenvalue weighted by atomic mass is 19.1. The summed E-state index contributed by atoms with van der Waals surface area (Å²) in [5.41, 5.74) is 8.27. The normalized spacial score (nSPS) is 22.2. The highest BCUT2D eigenvalue weighted by Gasteiger charge is 2.35. The molecule has 2 heteroatoms. The van der Waals surface area contributed by atoms with Crippen LogP contribution in [0.15, 0.2) is 18.2 Å². The van der Waals surface area contributed by atoms with Crippen molar-refractivity contribution in [3.05, 3.63) is 35.1 Å². The molecule has 0 bridgehead atoms. The summed E-state index contributed by atoms with van der Waals surface area (Å²) in [5, 5.41) is 0. The van der Waals surface area contributed by atoms with Crippen LogP contribution in [-0.4, -0.2) is 6.54 Å². The van der Waals surface area contributed by atoms with E-state index in [9.17, 15) is 4.39 Å². The summed E-state index contributed by atoms with van der Waals surface area (Å²) in [4.78, 5) is 0. The monoisotopic (exact) mass is 235 g/mol. The summed E-state index contributed by atoms with van der Waals surface area (Å²) in [5.74, 6) is 0.559. The van der Waals surface area contributed by atoms with Gasteiger partial charge in [-0.3, -0.25) is 0 Å². The number of benzene rings is 1. The zero-order chi connectivity index (χ0) is 12.5. The number of aryl methyl sites for hydroxylation is 1. The lowest BCUT2D eigenvalue weighted by molar-refractivity contribution is 0.257. The van der Waals surface area contributed by atoms with Crippen LogP contribution in [0.4, 0.5) is 4.39 Å². The van der Waals surface area contributed by atoms with Crippen molar-refractivity contribution in [3.63, 3.8) is 0 Å². The van der Waals surface area contributed by atoms with Crippen LogP contribution in [0.2, 0.25) is 0 Å². The highest BCUT2D eigenvalue weighted by molar-refractivity contribution is 5.37. The van der Waals surface area contributed by atoms with Crippen molar-refractivity contribution < 1.29 is 4.39 Å². The predicted molar refractivity (Wildman–Crippen MR) is 69.5 cm³/mol. The number of nitrogens with two attached hydrogens (primary N) is 1. The van der Waals surface area contributed by atoms with E-state index in [0.29, 0.717) is 5.92 Å². The average Bonchev–Trinajstić information content (AvgIpc) is 2.27. The molecule has 2 rings (SSSR count). The van der Waals surface area contributed by atoms with Gasteiger partial charge in [0.05, 0.1) is 0 Å². The molecule has 0 saturated heterocycles. The molecule has 1 aliphatic rings. The zero-order valence-electron chi connectivity index (χ0n) is 10.8. The number of fused-ring (bicyclic) bond motifs is 1. The Balaban J connectivity index is 2.28. The number of hydrogen-bond acceptors (Lipinski definition) is 1. The fraction of sp³-hybridized carbons (Fsp3) is 0.600. The minimum absolute atomic E-state index is 0.111. The molecular weight excluding hydrogens is 213 g/mol. The van der Waals surface area contributed by atoms with E-state index in [2.05, 4.69) is 13.8 Å². The Bertz CT molecular complexity index is 398. The third-order valence-electron chi connectivity index (χ3n) is 4.30. The Kier molecular flexibility index (Phi) is 3.53. The molecule has 2 N–H and O–H groups in total. The Morgan fingerprint density at radius 3 is 2.88 bits per heavy atom. The Morgan fingerprint density at radius 1 is 1.41 bits per heavy atom. The van der Waals surface area contributed by atoms with Gasteiger partial charge in [-0.05, 0) is 66.8 Å². The third-order valence-corrected chi connectivity index (χ3v) is 4.30. The molecule has 94 valence electrons. The van der Waals surface area contributed by atoms with Crippen molar-refractivity contribution in [3.8, 4) is 0 Å². The molecule has 0 aromatic heterocycles. The fourth-order valence-corrected chi connectivity index (χ4v) is 3.18. The third kappa shape index (κ3) is 2.37. The van der Waals surface area contributed by atoms with Crippen LogP contribution in [0.1, 0.15) is 44.2 Å². The van der Waals surface area contributed by atoms with E-state index >= 15 is 0 Å². The maximum absolute atomic E-state index is 13.2. The van der Waals surface area contributed by atoms with E-state index in [1.54, 1.807) is 12.1 Å². The summed E-state index contributed by atoms with van der Waals surface area (Å²) in [6.45, 7) is 5.33. The first-order valence-electron chi connectivity index (χ1n) is 6.54. The van der Waals surface area contributed by atoms with Crippen molar-refractivity contribution in [2.24, 2.45) is 11.7 Å². The Morgan fingerprint density at radius 2 is 2.18 bits per heavy atom. The number of rotatable bonds is 3. The van der Waals surface area contributed by atoms with E-state index in [0.717, 1.165) is 25.8 Å². The van der Waals surface area contributed by atoms with Crippen LogP contribution in [0.3, 0.4) is 0 Å². The molecule has 0 radical (unpaired) electrons. The SMILES string of the molecule is CC1(C)c2ccc(F)cc2CCC1CCCN. The molecule has 1 aliphatic carbocycles. The first kappa shape index (κ1) is 12.6. The summed E-state index contributed by atoms with van der Waals surface area (Å²) < 4.78 is 13.2. The summed E-state index contributed by atoms with van der Waals surface area (Å²) >= 11 is 0. The fourth-order valence-electron chi connectivity index (χ4n) is 3.18. The van der Waals surface area contributed by atoms with Gasteiger partial charge in [-0.2, -0.15) is 0 Å². The van der Waals surface area contributed by atoms with Crippen LogP contribution in [0, 0.1) is 11.7 Å². The first-order chi connectivity index (χ1) is 8.05. The molecule has 1 unspecified atom stereocenters. The second-order valence-electron chi connectivity index (χ2n) is 5.69. The molecule has 0 spiro atoms. The van der Waals surface area contributed by atoms with E-state index in [-0.39, 0.29) is 11.2 Å². The van der Waals surface area contributed by atoms with Crippen LogP contribution in [-0.2, 0) is 11.8 Å². The number of hydrogen-bond donors (Lipinski definition) is 1. The Hall–Kier alpha value is -0.890. The molecule has 1 atom stereocenters. The topological polar surface area (TPSA) is 26.0 Å². The van der Waals surface area contributed by atoms with Crippen molar-refractivity contribution in [2.75, 3.05) is 6.54 Å². The lowest BCUT2D eigenvalue weighted by atomic mass is 9.64. The van der Waals surface area contributed by atoms with Gasteiger partial charge in [0.15, 0.2) is 0 Å². The highest BCUT2D eigenvalue weighted by Crippen LogP contribution is 2.43. The van der Waals surface area contributed by atoms with Gasteiger partial charge in [-0.15, -0.1) is 0 Å². The van der Waals surface area contributed by atoms with E-state index in [1.807, 2.05) is 6.07 Å². The molecular formula is C15H22FN.